The lowest BCUT2D eigenvalue weighted by Crippen LogP contribution is -2.34. The normalized spacial score (nSPS) is 15.5. The Morgan fingerprint density at radius 2 is 1.68 bits per heavy atom. The number of halogens is 4. The molecule has 3 nitrogen and oxygen atoms in total. The standard InChI is InChI=1S/C14H19F4NO2S/c1-3-11(14(16,17)18)5-4-10(2)19-22(20,21)13-8-6-12(15)7-9-13/h6-11,19H,3-5H2,1-2H3. The van der Waals surface area contributed by atoms with E-state index in [0.29, 0.717) is 0 Å². The Labute approximate surface area is 127 Å². The molecule has 1 rings (SSSR count). The van der Waals surface area contributed by atoms with Crippen LogP contribution in [0.3, 0.4) is 0 Å². The van der Waals surface area contributed by atoms with Crippen molar-refractivity contribution in [2.24, 2.45) is 5.92 Å². The number of sulfonamides is 1. The molecule has 0 heterocycles. The molecule has 22 heavy (non-hydrogen) atoms. The van der Waals surface area contributed by atoms with Crippen LogP contribution in [0.15, 0.2) is 29.2 Å². The van der Waals surface area contributed by atoms with E-state index in [2.05, 4.69) is 4.72 Å². The first-order valence-corrected chi connectivity index (χ1v) is 8.39. The molecule has 0 saturated heterocycles. The molecule has 1 N–H and O–H groups in total. The van der Waals surface area contributed by atoms with Gasteiger partial charge in [-0.2, -0.15) is 13.2 Å². The number of hydrogen-bond acceptors (Lipinski definition) is 2. The molecule has 0 aliphatic carbocycles. The van der Waals surface area contributed by atoms with Gasteiger partial charge in [-0.1, -0.05) is 6.92 Å². The first-order chi connectivity index (χ1) is 10.1. The predicted molar refractivity (Wildman–Crippen MR) is 75.3 cm³/mol. The van der Waals surface area contributed by atoms with Crippen LogP contribution in [0.4, 0.5) is 17.6 Å². The molecule has 2 atom stereocenters. The molecule has 0 fully saturated rings. The van der Waals surface area contributed by atoms with Gasteiger partial charge in [0.2, 0.25) is 10.0 Å². The van der Waals surface area contributed by atoms with Gasteiger partial charge >= 0.3 is 6.18 Å². The van der Waals surface area contributed by atoms with E-state index in [1.165, 1.54) is 13.8 Å². The van der Waals surface area contributed by atoms with Crippen molar-refractivity contribution in [3.63, 3.8) is 0 Å². The summed E-state index contributed by atoms with van der Waals surface area (Å²) >= 11 is 0. The molecular formula is C14H19F4NO2S. The van der Waals surface area contributed by atoms with E-state index in [4.69, 9.17) is 0 Å². The minimum atomic E-state index is -4.27. The van der Waals surface area contributed by atoms with Crippen LogP contribution in [-0.2, 0) is 10.0 Å². The zero-order chi connectivity index (χ0) is 17.0. The van der Waals surface area contributed by atoms with Crippen molar-refractivity contribution in [2.75, 3.05) is 0 Å². The summed E-state index contributed by atoms with van der Waals surface area (Å²) in [6.07, 6.45) is -4.39. The van der Waals surface area contributed by atoms with Gasteiger partial charge in [0.15, 0.2) is 0 Å². The van der Waals surface area contributed by atoms with Crippen molar-refractivity contribution >= 4 is 10.0 Å². The minimum absolute atomic E-state index is 0.0407. The van der Waals surface area contributed by atoms with Crippen LogP contribution in [-0.4, -0.2) is 20.6 Å². The number of nitrogens with one attached hydrogen (secondary N) is 1. The topological polar surface area (TPSA) is 46.2 Å². The molecule has 0 aliphatic rings. The predicted octanol–water partition coefficient (Wildman–Crippen LogP) is 3.86. The fourth-order valence-electron chi connectivity index (χ4n) is 2.06. The third-order valence-corrected chi connectivity index (χ3v) is 4.99. The Morgan fingerprint density at radius 1 is 1.14 bits per heavy atom. The summed E-state index contributed by atoms with van der Waals surface area (Å²) in [4.78, 5) is -0.122. The molecule has 1 aromatic rings. The maximum absolute atomic E-state index is 12.8. The van der Waals surface area contributed by atoms with Gasteiger partial charge in [-0.25, -0.2) is 17.5 Å². The Hall–Kier alpha value is -1.15. The van der Waals surface area contributed by atoms with Gasteiger partial charge in [0.1, 0.15) is 5.82 Å². The van der Waals surface area contributed by atoms with E-state index in [1.54, 1.807) is 0 Å². The van der Waals surface area contributed by atoms with E-state index in [0.717, 1.165) is 24.3 Å². The second kappa shape index (κ2) is 7.41. The van der Waals surface area contributed by atoms with Crippen molar-refractivity contribution in [1.29, 1.82) is 0 Å². The molecule has 0 spiro atoms. The maximum atomic E-state index is 12.8. The van der Waals surface area contributed by atoms with Crippen LogP contribution in [0.1, 0.15) is 33.1 Å². The van der Waals surface area contributed by atoms with Crippen LogP contribution in [0.2, 0.25) is 0 Å². The van der Waals surface area contributed by atoms with Gasteiger partial charge in [-0.15, -0.1) is 0 Å². The van der Waals surface area contributed by atoms with E-state index >= 15 is 0 Å². The highest BCUT2D eigenvalue weighted by molar-refractivity contribution is 7.89. The first kappa shape index (κ1) is 18.9. The third kappa shape index (κ3) is 5.57. The first-order valence-electron chi connectivity index (χ1n) is 6.91. The van der Waals surface area contributed by atoms with Gasteiger partial charge in [0, 0.05) is 6.04 Å². The maximum Gasteiger partial charge on any atom is 0.391 e. The summed E-state index contributed by atoms with van der Waals surface area (Å²) < 4.78 is 77.0. The SMILES string of the molecule is CCC(CCC(C)NS(=O)(=O)c1ccc(F)cc1)C(F)(F)F. The fourth-order valence-corrected chi connectivity index (χ4v) is 3.33. The molecule has 0 saturated carbocycles. The van der Waals surface area contributed by atoms with Gasteiger partial charge < -0.3 is 0 Å². The molecule has 0 aliphatic heterocycles. The van der Waals surface area contributed by atoms with E-state index in [1.807, 2.05) is 0 Å². The third-order valence-electron chi connectivity index (χ3n) is 3.38. The van der Waals surface area contributed by atoms with E-state index < -0.39 is 34.0 Å². The second-order valence-corrected chi connectivity index (χ2v) is 6.91. The second-order valence-electron chi connectivity index (χ2n) is 5.20. The average Bonchev–Trinajstić information content (AvgIpc) is 2.37. The largest absolute Gasteiger partial charge is 0.391 e. The van der Waals surface area contributed by atoms with Gasteiger partial charge in [0.05, 0.1) is 10.8 Å². The zero-order valence-corrected chi connectivity index (χ0v) is 13.1. The van der Waals surface area contributed by atoms with Crippen molar-refractivity contribution < 1.29 is 26.0 Å². The summed E-state index contributed by atoms with van der Waals surface area (Å²) in [6.45, 7) is 2.95. The lowest BCUT2D eigenvalue weighted by atomic mass is 9.98. The molecule has 0 bridgehead atoms. The fraction of sp³-hybridized carbons (Fsp3) is 0.571. The van der Waals surface area contributed by atoms with E-state index in [-0.39, 0.29) is 24.2 Å². The number of rotatable bonds is 7. The van der Waals surface area contributed by atoms with Crippen LogP contribution < -0.4 is 4.72 Å². The highest BCUT2D eigenvalue weighted by atomic mass is 32.2. The Morgan fingerprint density at radius 3 is 2.14 bits per heavy atom. The van der Waals surface area contributed by atoms with E-state index in [9.17, 15) is 26.0 Å². The number of benzene rings is 1. The number of alkyl halides is 3. The molecule has 1 aromatic carbocycles. The van der Waals surface area contributed by atoms with Crippen molar-refractivity contribution in [3.8, 4) is 0 Å². The quantitative estimate of drug-likeness (QED) is 0.766. The average molecular weight is 341 g/mol. The van der Waals surface area contributed by atoms with Gasteiger partial charge in [-0.3, -0.25) is 0 Å². The Bertz CT molecular complexity index is 570. The molecule has 2 unspecified atom stereocenters. The highest BCUT2D eigenvalue weighted by Gasteiger charge is 2.37. The summed E-state index contributed by atoms with van der Waals surface area (Å²) in [7, 11) is -3.86. The summed E-state index contributed by atoms with van der Waals surface area (Å²) in [5.74, 6) is -2.01. The van der Waals surface area contributed by atoms with Crippen LogP contribution in [0.25, 0.3) is 0 Å². The Balaban J connectivity index is 2.64. The van der Waals surface area contributed by atoms with Crippen LogP contribution in [0.5, 0.6) is 0 Å². The smallest absolute Gasteiger partial charge is 0.208 e. The highest BCUT2D eigenvalue weighted by Crippen LogP contribution is 2.32. The Kier molecular flexibility index (Phi) is 6.37. The molecule has 0 aromatic heterocycles. The molecule has 0 radical (unpaired) electrons. The number of hydrogen-bond donors (Lipinski definition) is 1. The van der Waals surface area contributed by atoms with Crippen LogP contribution >= 0.6 is 0 Å². The molecule has 8 heteroatoms. The summed E-state index contributed by atoms with van der Waals surface area (Å²) in [5.41, 5.74) is 0. The lowest BCUT2D eigenvalue weighted by molar-refractivity contribution is -0.177. The molecular weight excluding hydrogens is 322 g/mol. The monoisotopic (exact) mass is 341 g/mol. The summed E-state index contributed by atoms with van der Waals surface area (Å²) in [6, 6.07) is 3.59. The lowest BCUT2D eigenvalue weighted by Gasteiger charge is -2.21. The van der Waals surface area contributed by atoms with Gasteiger partial charge in [0.25, 0.3) is 0 Å². The van der Waals surface area contributed by atoms with Gasteiger partial charge in [-0.05, 0) is 50.5 Å². The van der Waals surface area contributed by atoms with Crippen molar-refractivity contribution in [1.82, 2.24) is 4.72 Å². The zero-order valence-electron chi connectivity index (χ0n) is 12.3. The molecule has 0 amide bonds. The van der Waals surface area contributed by atoms with Crippen LogP contribution in [0, 0.1) is 11.7 Å². The summed E-state index contributed by atoms with van der Waals surface area (Å²) in [5, 5.41) is 0. The minimum Gasteiger partial charge on any atom is -0.208 e. The van der Waals surface area contributed by atoms with Crippen molar-refractivity contribution in [2.45, 2.75) is 50.2 Å². The van der Waals surface area contributed by atoms with Crippen molar-refractivity contribution in [3.05, 3.63) is 30.1 Å². The molecule has 126 valence electrons.